The number of esters is 1. The molecule has 0 saturated heterocycles. The Hall–Kier alpha value is -3.96. The van der Waals surface area contributed by atoms with Crippen molar-refractivity contribution in [1.82, 2.24) is 21.3 Å². The average molecular weight is 563 g/mol. The van der Waals surface area contributed by atoms with Gasteiger partial charge in [-0.1, -0.05) is 30.3 Å². The van der Waals surface area contributed by atoms with Crippen LogP contribution in [-0.2, 0) is 39.9 Å². The number of hydrogen-bond donors (Lipinski definition) is 4. The molecule has 4 amide bonds. The summed E-state index contributed by atoms with van der Waals surface area (Å²) in [4.78, 5) is 73.1. The van der Waals surface area contributed by atoms with Crippen molar-refractivity contribution in [3.8, 4) is 0 Å². The number of hydrogen-bond acceptors (Lipinski definition) is 8. The van der Waals surface area contributed by atoms with Crippen molar-refractivity contribution < 1.29 is 38.2 Å². The molecule has 0 heterocycles. The Bertz CT molecular complexity index is 1010. The number of rotatable bonds is 16. The number of ketones is 1. The molecule has 0 aliphatic rings. The van der Waals surface area contributed by atoms with E-state index in [1.54, 1.807) is 20.8 Å². The second-order valence-electron chi connectivity index (χ2n) is 10.3. The van der Waals surface area contributed by atoms with Gasteiger partial charge in [-0.05, 0) is 45.6 Å². The zero-order valence-corrected chi connectivity index (χ0v) is 24.0. The summed E-state index contributed by atoms with van der Waals surface area (Å²) in [6.07, 6.45) is 0.619. The molecule has 12 heteroatoms. The maximum atomic E-state index is 13.2. The molecule has 0 aliphatic heterocycles. The lowest BCUT2D eigenvalue weighted by Gasteiger charge is -2.23. The first-order chi connectivity index (χ1) is 18.8. The highest BCUT2D eigenvalue weighted by Gasteiger charge is 2.26. The Balaban J connectivity index is 2.82. The summed E-state index contributed by atoms with van der Waals surface area (Å²) in [5.41, 5.74) is 0.192. The fourth-order valence-electron chi connectivity index (χ4n) is 3.56. The molecule has 1 aromatic rings. The van der Waals surface area contributed by atoms with Gasteiger partial charge in [0.15, 0.2) is 5.78 Å². The van der Waals surface area contributed by atoms with Crippen LogP contribution in [0.4, 0.5) is 4.79 Å². The van der Waals surface area contributed by atoms with E-state index in [1.807, 2.05) is 30.3 Å². The van der Waals surface area contributed by atoms with Crippen molar-refractivity contribution in [2.24, 2.45) is 0 Å². The zero-order valence-electron chi connectivity index (χ0n) is 24.0. The van der Waals surface area contributed by atoms with Crippen molar-refractivity contribution in [3.63, 3.8) is 0 Å². The Labute approximate surface area is 235 Å². The maximum absolute atomic E-state index is 13.2. The second kappa shape index (κ2) is 17.6. The summed E-state index contributed by atoms with van der Waals surface area (Å²) < 4.78 is 9.71. The van der Waals surface area contributed by atoms with Gasteiger partial charge in [0, 0.05) is 26.3 Å². The van der Waals surface area contributed by atoms with Crippen molar-refractivity contribution >= 4 is 35.6 Å². The molecule has 40 heavy (non-hydrogen) atoms. The predicted molar refractivity (Wildman–Crippen MR) is 147 cm³/mol. The lowest BCUT2D eigenvalue weighted by atomic mass is 10.0. The third-order valence-electron chi connectivity index (χ3n) is 5.49. The van der Waals surface area contributed by atoms with Gasteiger partial charge in [-0.15, -0.1) is 0 Å². The smallest absolute Gasteiger partial charge is 0.407 e. The van der Waals surface area contributed by atoms with Gasteiger partial charge in [0.25, 0.3) is 0 Å². The molecule has 1 aromatic carbocycles. The highest BCUT2D eigenvalue weighted by molar-refractivity contribution is 5.94. The Kier molecular flexibility index (Phi) is 15.0. The number of methoxy groups -OCH3 is 1. The molecular formula is C28H42N4O8. The van der Waals surface area contributed by atoms with Crippen molar-refractivity contribution in [2.45, 2.75) is 83.9 Å². The van der Waals surface area contributed by atoms with E-state index in [2.05, 4.69) is 26.0 Å². The quantitative estimate of drug-likeness (QED) is 0.174. The Morgan fingerprint density at radius 2 is 1.52 bits per heavy atom. The van der Waals surface area contributed by atoms with Crippen LogP contribution in [-0.4, -0.2) is 73.5 Å². The number of carbonyl (C=O) groups is 6. The van der Waals surface area contributed by atoms with Crippen molar-refractivity contribution in [3.05, 3.63) is 35.9 Å². The van der Waals surface area contributed by atoms with E-state index < -0.39 is 47.5 Å². The first-order valence-corrected chi connectivity index (χ1v) is 13.2. The number of carbonyl (C=O) groups excluding carboxylic acids is 6. The van der Waals surface area contributed by atoms with Crippen LogP contribution in [0.1, 0.15) is 65.4 Å². The molecule has 1 rings (SSSR count). The minimum Gasteiger partial charge on any atom is -0.469 e. The highest BCUT2D eigenvalue weighted by Crippen LogP contribution is 2.08. The van der Waals surface area contributed by atoms with Gasteiger partial charge >= 0.3 is 12.1 Å². The average Bonchev–Trinajstić information content (AvgIpc) is 2.88. The van der Waals surface area contributed by atoms with Crippen LogP contribution in [0.3, 0.4) is 0 Å². The topological polar surface area (TPSA) is 169 Å². The van der Waals surface area contributed by atoms with Gasteiger partial charge in [0.1, 0.15) is 17.7 Å². The molecule has 0 fully saturated rings. The minimum absolute atomic E-state index is 0.0952. The molecular weight excluding hydrogens is 520 g/mol. The number of nitrogens with one attached hydrogen (secondary N) is 4. The summed E-state index contributed by atoms with van der Waals surface area (Å²) in [5, 5.41) is 10.5. The molecule has 0 bridgehead atoms. The van der Waals surface area contributed by atoms with E-state index in [-0.39, 0.29) is 38.0 Å². The summed E-state index contributed by atoms with van der Waals surface area (Å²) in [6, 6.07) is 7.18. The van der Waals surface area contributed by atoms with E-state index in [9.17, 15) is 28.8 Å². The van der Waals surface area contributed by atoms with Crippen LogP contribution < -0.4 is 21.3 Å². The predicted octanol–water partition coefficient (Wildman–Crippen LogP) is 1.55. The molecule has 0 radical (unpaired) electrons. The van der Waals surface area contributed by atoms with Gasteiger partial charge < -0.3 is 30.7 Å². The van der Waals surface area contributed by atoms with Gasteiger partial charge in [-0.3, -0.25) is 24.0 Å². The number of alkyl carbamates (subject to hydrolysis) is 1. The first-order valence-electron chi connectivity index (χ1n) is 13.2. The van der Waals surface area contributed by atoms with Gasteiger partial charge in [-0.2, -0.15) is 0 Å². The van der Waals surface area contributed by atoms with Crippen LogP contribution >= 0.6 is 0 Å². The van der Waals surface area contributed by atoms with E-state index in [0.717, 1.165) is 5.56 Å². The third-order valence-corrected chi connectivity index (χ3v) is 5.49. The normalized spacial score (nSPS) is 12.3. The van der Waals surface area contributed by atoms with Gasteiger partial charge in [-0.25, -0.2) is 4.79 Å². The zero-order chi connectivity index (χ0) is 30.1. The summed E-state index contributed by atoms with van der Waals surface area (Å²) in [5.74, 6) is -2.44. The Morgan fingerprint density at radius 3 is 2.12 bits per heavy atom. The molecule has 0 unspecified atom stereocenters. The number of amides is 4. The van der Waals surface area contributed by atoms with Crippen LogP contribution in [0.15, 0.2) is 30.3 Å². The van der Waals surface area contributed by atoms with Crippen molar-refractivity contribution in [1.29, 1.82) is 0 Å². The highest BCUT2D eigenvalue weighted by atomic mass is 16.6. The molecule has 0 aliphatic carbocycles. The van der Waals surface area contributed by atoms with Crippen LogP contribution in [0.25, 0.3) is 0 Å². The first kappa shape index (κ1) is 34.1. The fraction of sp³-hybridized carbons (Fsp3) is 0.571. The number of ether oxygens (including phenoxy) is 2. The number of unbranched alkanes of at least 4 members (excludes halogenated alkanes) is 1. The van der Waals surface area contributed by atoms with E-state index in [0.29, 0.717) is 19.4 Å². The lowest BCUT2D eigenvalue weighted by Crippen LogP contribution is -2.54. The Morgan fingerprint density at radius 1 is 0.850 bits per heavy atom. The lowest BCUT2D eigenvalue weighted by molar-refractivity contribution is -0.141. The molecule has 4 N–H and O–H groups in total. The molecule has 0 saturated carbocycles. The number of benzene rings is 1. The second-order valence-corrected chi connectivity index (χ2v) is 10.3. The third kappa shape index (κ3) is 15.5. The monoisotopic (exact) mass is 562 g/mol. The fourth-order valence-corrected chi connectivity index (χ4v) is 3.56. The minimum atomic E-state index is -1.01. The van der Waals surface area contributed by atoms with Gasteiger partial charge in [0.05, 0.1) is 20.1 Å². The molecule has 222 valence electrons. The SMILES string of the molecule is COC(=O)CCC(=O)CNC(=O)[C@H](CCCCNC(=O)OC(C)(C)C)NC(=O)[C@H](Cc1ccccc1)NC(C)=O. The maximum Gasteiger partial charge on any atom is 0.407 e. The van der Waals surface area contributed by atoms with E-state index in [4.69, 9.17) is 4.74 Å². The van der Waals surface area contributed by atoms with Gasteiger partial charge in [0.2, 0.25) is 17.7 Å². The number of Topliss-reactive ketones (excluding diaryl/α,β-unsaturated/α-hetero) is 1. The van der Waals surface area contributed by atoms with Crippen molar-refractivity contribution in [2.75, 3.05) is 20.2 Å². The van der Waals surface area contributed by atoms with Crippen LogP contribution in [0.5, 0.6) is 0 Å². The molecule has 0 aromatic heterocycles. The van der Waals surface area contributed by atoms with E-state index >= 15 is 0 Å². The van der Waals surface area contributed by atoms with E-state index in [1.165, 1.54) is 14.0 Å². The summed E-state index contributed by atoms with van der Waals surface area (Å²) in [7, 11) is 1.22. The molecule has 12 nitrogen and oxygen atoms in total. The van der Waals surface area contributed by atoms with Crippen LogP contribution in [0.2, 0.25) is 0 Å². The summed E-state index contributed by atoms with van der Waals surface area (Å²) in [6.45, 7) is 6.54. The standard InChI is InChI=1S/C28H42N4O8/c1-19(33)31-23(17-20-11-7-6-8-12-20)26(37)32-22(13-9-10-16-29-27(38)40-28(2,3)4)25(36)30-18-21(34)14-15-24(35)39-5/h6-8,11-12,22-23H,9-10,13-18H2,1-5H3,(H,29,38)(H,30,36)(H,31,33)(H,32,37)/t22-,23-/m0/s1. The summed E-state index contributed by atoms with van der Waals surface area (Å²) >= 11 is 0. The molecule has 0 spiro atoms. The van der Waals surface area contributed by atoms with Crippen LogP contribution in [0, 0.1) is 0 Å². The largest absolute Gasteiger partial charge is 0.469 e. The molecule has 2 atom stereocenters.